The van der Waals surface area contributed by atoms with Gasteiger partial charge < -0.3 is 69.0 Å². The molecule has 0 unspecified atom stereocenters. The van der Waals surface area contributed by atoms with E-state index >= 15 is 0 Å². The van der Waals surface area contributed by atoms with E-state index in [1.165, 1.54) is 44.4 Å². The molecular formula is C28H32O15. The standard InChI is InChI=1S/C28H32O15/c1-10-25(42-28-23(36)21(34)19(32)17(9-29)41-28)22(35)24(37)27(39-10)43-26-16(38-2)8-15-18(20(26)33)13(31)7-14(40-15)11-3-5-12(30)6-4-11/h3-8,10,17,19,21-25,27-30,32-37H,9H2,1-2H3/t10-,17-,19-,21+,22-,23-,24-,25-,27+,28+/m0/s1. The number of aromatic hydroxyl groups is 2. The molecule has 2 aliphatic rings. The predicted octanol–water partition coefficient (Wildman–Crippen LogP) is -1.09. The summed E-state index contributed by atoms with van der Waals surface area (Å²) < 4.78 is 33.5. The van der Waals surface area contributed by atoms with E-state index in [-0.39, 0.29) is 28.2 Å². The number of ether oxygens (including phenoxy) is 5. The van der Waals surface area contributed by atoms with Gasteiger partial charge in [-0.2, -0.15) is 0 Å². The molecule has 0 aliphatic carbocycles. The first-order valence-electron chi connectivity index (χ1n) is 13.3. The lowest BCUT2D eigenvalue weighted by molar-refractivity contribution is -0.349. The molecule has 5 rings (SSSR count). The predicted molar refractivity (Wildman–Crippen MR) is 143 cm³/mol. The van der Waals surface area contributed by atoms with Crippen LogP contribution in [0, 0.1) is 0 Å². The maximum atomic E-state index is 13.0. The molecule has 15 nitrogen and oxygen atoms in total. The van der Waals surface area contributed by atoms with Crippen LogP contribution in [0.1, 0.15) is 6.92 Å². The first kappa shape index (κ1) is 30.9. The number of rotatable bonds is 7. The van der Waals surface area contributed by atoms with Crippen molar-refractivity contribution in [2.24, 2.45) is 0 Å². The van der Waals surface area contributed by atoms with Crippen molar-refractivity contribution < 1.29 is 69.0 Å². The van der Waals surface area contributed by atoms with Gasteiger partial charge in [0.15, 0.2) is 23.2 Å². The first-order valence-corrected chi connectivity index (χ1v) is 13.3. The van der Waals surface area contributed by atoms with Crippen LogP contribution in [-0.4, -0.2) is 116 Å². The molecule has 0 radical (unpaired) electrons. The number of hydrogen-bond donors (Lipinski definition) is 8. The van der Waals surface area contributed by atoms with Crippen LogP contribution < -0.4 is 14.9 Å². The minimum absolute atomic E-state index is 0.0197. The lowest BCUT2D eigenvalue weighted by atomic mass is 9.97. The Morgan fingerprint density at radius 2 is 1.53 bits per heavy atom. The van der Waals surface area contributed by atoms with Gasteiger partial charge in [0.1, 0.15) is 65.2 Å². The summed E-state index contributed by atoms with van der Waals surface area (Å²) in [4.78, 5) is 13.0. The van der Waals surface area contributed by atoms with Gasteiger partial charge in [0.2, 0.25) is 12.0 Å². The molecule has 2 saturated heterocycles. The van der Waals surface area contributed by atoms with Gasteiger partial charge in [-0.05, 0) is 31.2 Å². The Morgan fingerprint density at radius 1 is 0.860 bits per heavy atom. The fourth-order valence-electron chi connectivity index (χ4n) is 5.04. The fraction of sp³-hybridized carbons (Fsp3) is 0.464. The summed E-state index contributed by atoms with van der Waals surface area (Å²) in [6.45, 7) is 0.743. The van der Waals surface area contributed by atoms with Crippen molar-refractivity contribution >= 4 is 11.0 Å². The number of hydrogen-bond acceptors (Lipinski definition) is 15. The second-order valence-electron chi connectivity index (χ2n) is 10.3. The van der Waals surface area contributed by atoms with Crippen molar-refractivity contribution in [2.45, 2.75) is 68.3 Å². The third-order valence-electron chi connectivity index (χ3n) is 7.44. The number of aliphatic hydroxyl groups excluding tert-OH is 6. The van der Waals surface area contributed by atoms with E-state index in [1.807, 2.05) is 0 Å². The van der Waals surface area contributed by atoms with Crippen molar-refractivity contribution in [1.82, 2.24) is 0 Å². The zero-order chi connectivity index (χ0) is 31.2. The Bertz CT molecular complexity index is 1490. The van der Waals surface area contributed by atoms with Crippen LogP contribution in [0.2, 0.25) is 0 Å². The number of phenolic OH excluding ortho intramolecular Hbond substituents is 2. The van der Waals surface area contributed by atoms with Gasteiger partial charge in [-0.25, -0.2) is 0 Å². The number of fused-ring (bicyclic) bond motifs is 1. The summed E-state index contributed by atoms with van der Waals surface area (Å²) in [5.74, 6) is -1.00. The van der Waals surface area contributed by atoms with E-state index in [2.05, 4.69) is 0 Å². The van der Waals surface area contributed by atoms with E-state index in [0.29, 0.717) is 5.56 Å². The highest BCUT2D eigenvalue weighted by atomic mass is 16.7. The molecule has 2 aliphatic heterocycles. The SMILES string of the molecule is COc1cc2oc(-c3ccc(O)cc3)cc(=O)c2c(O)c1O[C@H]1O[C@@H](C)[C@H](O[C@H]2O[C@@H](CO)[C@H](O)[C@@H](O)[C@@H]2O)[C@@H](O)[C@@H]1O. The molecule has 234 valence electrons. The number of aliphatic hydroxyl groups is 6. The van der Waals surface area contributed by atoms with Crippen molar-refractivity contribution in [2.75, 3.05) is 13.7 Å². The van der Waals surface area contributed by atoms with Crippen LogP contribution in [0.25, 0.3) is 22.3 Å². The van der Waals surface area contributed by atoms with Crippen LogP contribution in [0.5, 0.6) is 23.0 Å². The zero-order valence-electron chi connectivity index (χ0n) is 22.9. The molecular weight excluding hydrogens is 576 g/mol. The van der Waals surface area contributed by atoms with E-state index in [4.69, 9.17) is 28.1 Å². The van der Waals surface area contributed by atoms with Gasteiger partial charge in [-0.15, -0.1) is 0 Å². The van der Waals surface area contributed by atoms with Crippen molar-refractivity contribution in [3.05, 3.63) is 46.6 Å². The van der Waals surface area contributed by atoms with E-state index < -0.39 is 84.9 Å². The van der Waals surface area contributed by atoms with Crippen LogP contribution in [-0.2, 0) is 14.2 Å². The molecule has 1 aromatic heterocycles. The minimum Gasteiger partial charge on any atom is -0.508 e. The second-order valence-corrected chi connectivity index (χ2v) is 10.3. The molecule has 2 fully saturated rings. The fourth-order valence-corrected chi connectivity index (χ4v) is 5.04. The molecule has 3 heterocycles. The Morgan fingerprint density at radius 3 is 2.19 bits per heavy atom. The summed E-state index contributed by atoms with van der Waals surface area (Å²) in [5.41, 5.74) is -0.206. The molecule has 0 bridgehead atoms. The molecule has 2 aromatic carbocycles. The van der Waals surface area contributed by atoms with Crippen molar-refractivity contribution in [3.8, 4) is 34.3 Å². The molecule has 8 N–H and O–H groups in total. The Balaban J connectivity index is 1.39. The largest absolute Gasteiger partial charge is 0.508 e. The molecule has 43 heavy (non-hydrogen) atoms. The normalized spacial score (nSPS) is 32.9. The van der Waals surface area contributed by atoms with Gasteiger partial charge in [-0.3, -0.25) is 4.79 Å². The van der Waals surface area contributed by atoms with Crippen LogP contribution in [0.3, 0.4) is 0 Å². The van der Waals surface area contributed by atoms with E-state index in [0.717, 1.165) is 6.07 Å². The highest BCUT2D eigenvalue weighted by molar-refractivity contribution is 5.89. The third-order valence-corrected chi connectivity index (χ3v) is 7.44. The molecule has 10 atom stereocenters. The Labute approximate surface area is 243 Å². The summed E-state index contributed by atoms with van der Waals surface area (Å²) in [5, 5.41) is 81.8. The summed E-state index contributed by atoms with van der Waals surface area (Å²) in [7, 11) is 1.26. The highest BCUT2D eigenvalue weighted by Crippen LogP contribution is 2.44. The summed E-state index contributed by atoms with van der Waals surface area (Å²) in [6.07, 6.45) is -15.6. The maximum Gasteiger partial charge on any atom is 0.229 e. The molecule has 3 aromatic rings. The quantitative estimate of drug-likeness (QED) is 0.159. The van der Waals surface area contributed by atoms with Gasteiger partial charge in [0.05, 0.1) is 19.8 Å². The Hall–Kier alpha value is -3.51. The van der Waals surface area contributed by atoms with Crippen LogP contribution >= 0.6 is 0 Å². The summed E-state index contributed by atoms with van der Waals surface area (Å²) >= 11 is 0. The monoisotopic (exact) mass is 608 g/mol. The number of methoxy groups -OCH3 is 1. The average Bonchev–Trinajstić information content (AvgIpc) is 2.98. The smallest absolute Gasteiger partial charge is 0.229 e. The lowest BCUT2D eigenvalue weighted by Crippen LogP contribution is -2.64. The van der Waals surface area contributed by atoms with E-state index in [9.17, 15) is 45.6 Å². The van der Waals surface area contributed by atoms with Gasteiger partial charge >= 0.3 is 0 Å². The lowest BCUT2D eigenvalue weighted by Gasteiger charge is -2.45. The van der Waals surface area contributed by atoms with Gasteiger partial charge in [0, 0.05) is 17.7 Å². The van der Waals surface area contributed by atoms with Crippen molar-refractivity contribution in [1.29, 1.82) is 0 Å². The van der Waals surface area contributed by atoms with Crippen LogP contribution in [0.15, 0.2) is 45.6 Å². The summed E-state index contributed by atoms with van der Waals surface area (Å²) in [6, 6.07) is 8.34. The number of phenols is 2. The minimum atomic E-state index is -1.82. The topological polar surface area (TPSA) is 238 Å². The third kappa shape index (κ3) is 5.74. The first-order chi connectivity index (χ1) is 20.4. The van der Waals surface area contributed by atoms with Crippen molar-refractivity contribution in [3.63, 3.8) is 0 Å². The Kier molecular flexibility index (Phi) is 8.80. The highest BCUT2D eigenvalue weighted by Gasteiger charge is 2.50. The molecule has 15 heteroatoms. The van der Waals surface area contributed by atoms with Gasteiger partial charge in [0.25, 0.3) is 0 Å². The molecule has 0 saturated carbocycles. The van der Waals surface area contributed by atoms with E-state index in [1.54, 1.807) is 0 Å². The maximum absolute atomic E-state index is 13.0. The molecule has 0 amide bonds. The molecule has 0 spiro atoms. The second kappa shape index (κ2) is 12.2. The average molecular weight is 609 g/mol. The number of benzene rings is 2. The van der Waals surface area contributed by atoms with Crippen LogP contribution in [0.4, 0.5) is 0 Å². The zero-order valence-corrected chi connectivity index (χ0v) is 22.9. The van der Waals surface area contributed by atoms with Gasteiger partial charge in [-0.1, -0.05) is 0 Å².